The van der Waals surface area contributed by atoms with Gasteiger partial charge < -0.3 is 15.2 Å². The lowest BCUT2D eigenvalue weighted by Crippen LogP contribution is -2.39. The zero-order chi connectivity index (χ0) is 18.6. The third kappa shape index (κ3) is 3.72. The summed E-state index contributed by atoms with van der Waals surface area (Å²) in [5, 5.41) is 15.0. The molecule has 1 aliphatic carbocycles. The maximum absolute atomic E-state index is 12.3. The van der Waals surface area contributed by atoms with Crippen LogP contribution in [0.5, 0.6) is 0 Å². The third-order valence-electron chi connectivity index (χ3n) is 4.79. The van der Waals surface area contributed by atoms with Gasteiger partial charge in [0, 0.05) is 23.9 Å². The van der Waals surface area contributed by atoms with Gasteiger partial charge in [0.05, 0.1) is 17.7 Å². The highest BCUT2D eigenvalue weighted by atomic mass is 32.1. The minimum atomic E-state index is -0.521. The molecule has 0 radical (unpaired) electrons. The Labute approximate surface area is 161 Å². The van der Waals surface area contributed by atoms with Crippen LogP contribution in [-0.2, 0) is 11.2 Å². The van der Waals surface area contributed by atoms with E-state index in [4.69, 9.17) is 4.74 Å². The van der Waals surface area contributed by atoms with Gasteiger partial charge in [0.25, 0.3) is 0 Å². The van der Waals surface area contributed by atoms with Crippen molar-refractivity contribution in [2.75, 3.05) is 13.2 Å². The van der Waals surface area contributed by atoms with E-state index >= 15 is 0 Å². The van der Waals surface area contributed by atoms with E-state index in [9.17, 15) is 9.90 Å². The number of aliphatic hydroxyl groups is 1. The summed E-state index contributed by atoms with van der Waals surface area (Å²) in [6.45, 7) is 0.0963. The van der Waals surface area contributed by atoms with Gasteiger partial charge in [-0.1, -0.05) is 48.5 Å². The Morgan fingerprint density at radius 1 is 1.15 bits per heavy atom. The molecule has 27 heavy (non-hydrogen) atoms. The van der Waals surface area contributed by atoms with Gasteiger partial charge in [0.1, 0.15) is 6.61 Å². The summed E-state index contributed by atoms with van der Waals surface area (Å²) >= 11 is 1.50. The molecule has 1 unspecified atom stereocenters. The van der Waals surface area contributed by atoms with E-state index in [1.807, 2.05) is 29.6 Å². The quantitative estimate of drug-likeness (QED) is 0.686. The summed E-state index contributed by atoms with van der Waals surface area (Å²) in [5.41, 5.74) is 4.74. The minimum absolute atomic E-state index is 0.0229. The monoisotopic (exact) mass is 380 g/mol. The van der Waals surface area contributed by atoms with E-state index in [1.165, 1.54) is 33.6 Å². The number of carbonyl (C=O) groups excluding carboxylic acids is 1. The normalized spacial score (nSPS) is 13.7. The second-order valence-corrected chi connectivity index (χ2v) is 7.46. The van der Waals surface area contributed by atoms with Crippen molar-refractivity contribution in [1.29, 1.82) is 0 Å². The lowest BCUT2D eigenvalue weighted by atomic mass is 9.98. The van der Waals surface area contributed by atoms with Gasteiger partial charge in [0.2, 0.25) is 0 Å². The number of fused-ring (bicyclic) bond motifs is 3. The molecule has 4 rings (SSSR count). The number of aromatic nitrogens is 1. The van der Waals surface area contributed by atoms with Gasteiger partial charge in [0.15, 0.2) is 0 Å². The molecule has 0 bridgehead atoms. The number of ether oxygens (including phenoxy) is 1. The molecule has 1 atom stereocenters. The van der Waals surface area contributed by atoms with Crippen molar-refractivity contribution in [2.45, 2.75) is 18.4 Å². The van der Waals surface area contributed by atoms with Gasteiger partial charge in [-0.3, -0.25) is 0 Å². The first-order valence-corrected chi connectivity index (χ1v) is 9.75. The van der Waals surface area contributed by atoms with Gasteiger partial charge in [-0.25, -0.2) is 9.78 Å². The molecule has 0 saturated carbocycles. The molecule has 1 aromatic heterocycles. The van der Waals surface area contributed by atoms with Crippen LogP contribution in [0.15, 0.2) is 60.1 Å². The number of aliphatic hydroxyl groups excluding tert-OH is 1. The van der Waals surface area contributed by atoms with Crippen molar-refractivity contribution in [3.8, 4) is 11.1 Å². The molecule has 0 spiro atoms. The number of alkyl carbamates (subject to hydrolysis) is 1. The summed E-state index contributed by atoms with van der Waals surface area (Å²) < 4.78 is 5.51. The van der Waals surface area contributed by atoms with E-state index in [2.05, 4.69) is 34.6 Å². The van der Waals surface area contributed by atoms with Crippen LogP contribution in [0, 0.1) is 0 Å². The van der Waals surface area contributed by atoms with E-state index in [-0.39, 0.29) is 19.1 Å². The Morgan fingerprint density at radius 2 is 1.81 bits per heavy atom. The highest BCUT2D eigenvalue weighted by molar-refractivity contribution is 7.09. The van der Waals surface area contributed by atoms with Crippen molar-refractivity contribution < 1.29 is 14.6 Å². The smallest absolute Gasteiger partial charge is 0.407 e. The summed E-state index contributed by atoms with van der Waals surface area (Å²) in [4.78, 5) is 16.4. The molecule has 1 aliphatic rings. The first-order valence-electron chi connectivity index (χ1n) is 8.87. The van der Waals surface area contributed by atoms with Crippen LogP contribution in [0.25, 0.3) is 11.1 Å². The Balaban J connectivity index is 1.42. The standard InChI is InChI=1S/C21H20N2O3S/c24-12-14(11-20-22-9-10-27-20)23-21(25)26-13-19-17-7-3-1-5-15(17)16-6-2-4-8-18(16)19/h1-10,14,19,24H,11-13H2,(H,23,25). The Bertz CT molecular complexity index is 881. The Kier molecular flexibility index (Phi) is 5.18. The summed E-state index contributed by atoms with van der Waals surface area (Å²) in [6, 6.07) is 16.0. The number of nitrogens with zero attached hydrogens (tertiary/aromatic N) is 1. The molecule has 1 amide bonds. The van der Waals surface area contributed by atoms with Crippen LogP contribution in [0.1, 0.15) is 22.1 Å². The molecule has 5 nitrogen and oxygen atoms in total. The molecular weight excluding hydrogens is 360 g/mol. The second-order valence-electron chi connectivity index (χ2n) is 6.48. The lowest BCUT2D eigenvalue weighted by Gasteiger charge is -2.18. The van der Waals surface area contributed by atoms with Crippen LogP contribution in [-0.4, -0.2) is 35.4 Å². The third-order valence-corrected chi connectivity index (χ3v) is 5.59. The summed E-state index contributed by atoms with van der Waals surface area (Å²) in [6.07, 6.45) is 1.67. The van der Waals surface area contributed by atoms with Gasteiger partial charge in [-0.15, -0.1) is 11.3 Å². The van der Waals surface area contributed by atoms with Gasteiger partial charge in [-0.2, -0.15) is 0 Å². The zero-order valence-electron chi connectivity index (χ0n) is 14.7. The highest BCUT2D eigenvalue weighted by Crippen LogP contribution is 2.44. The molecule has 138 valence electrons. The fourth-order valence-electron chi connectivity index (χ4n) is 3.53. The number of amides is 1. The number of nitrogens with one attached hydrogen (secondary N) is 1. The molecule has 3 aromatic rings. The van der Waals surface area contributed by atoms with E-state index in [0.29, 0.717) is 6.42 Å². The van der Waals surface area contributed by atoms with Crippen LogP contribution in [0.2, 0.25) is 0 Å². The fraction of sp³-hybridized carbons (Fsp3) is 0.238. The molecule has 2 aromatic carbocycles. The molecule has 0 saturated heterocycles. The molecule has 2 N–H and O–H groups in total. The summed E-state index contributed by atoms with van der Waals surface area (Å²) in [7, 11) is 0. The topological polar surface area (TPSA) is 71.5 Å². The average Bonchev–Trinajstić information content (AvgIpc) is 3.32. The van der Waals surface area contributed by atoms with Gasteiger partial charge in [-0.05, 0) is 22.3 Å². The van der Waals surface area contributed by atoms with Crippen LogP contribution < -0.4 is 5.32 Å². The fourth-order valence-corrected chi connectivity index (χ4v) is 4.23. The first kappa shape index (κ1) is 17.7. The number of benzene rings is 2. The molecule has 1 heterocycles. The number of carbonyl (C=O) groups is 1. The van der Waals surface area contributed by atoms with Crippen LogP contribution >= 0.6 is 11.3 Å². The predicted molar refractivity (Wildman–Crippen MR) is 105 cm³/mol. The molecule has 6 heteroatoms. The van der Waals surface area contributed by atoms with Crippen molar-refractivity contribution in [3.63, 3.8) is 0 Å². The van der Waals surface area contributed by atoms with E-state index in [1.54, 1.807) is 6.20 Å². The van der Waals surface area contributed by atoms with Crippen LogP contribution in [0.4, 0.5) is 4.79 Å². The van der Waals surface area contributed by atoms with Gasteiger partial charge >= 0.3 is 6.09 Å². The molecule has 0 aliphatic heterocycles. The lowest BCUT2D eigenvalue weighted by molar-refractivity contribution is 0.132. The van der Waals surface area contributed by atoms with Crippen molar-refractivity contribution in [1.82, 2.24) is 10.3 Å². The number of rotatable bonds is 6. The average molecular weight is 380 g/mol. The maximum Gasteiger partial charge on any atom is 0.407 e. The number of hydrogen-bond donors (Lipinski definition) is 2. The first-order chi connectivity index (χ1) is 13.3. The molecule has 0 fully saturated rings. The predicted octanol–water partition coefficient (Wildman–Crippen LogP) is 3.59. The minimum Gasteiger partial charge on any atom is -0.449 e. The SMILES string of the molecule is O=C(NC(CO)Cc1nccs1)OCC1c2ccccc2-c2ccccc21. The van der Waals surface area contributed by atoms with Crippen LogP contribution in [0.3, 0.4) is 0 Å². The zero-order valence-corrected chi connectivity index (χ0v) is 15.5. The maximum atomic E-state index is 12.3. The van der Waals surface area contributed by atoms with Crippen molar-refractivity contribution in [2.24, 2.45) is 0 Å². The molecular formula is C21H20N2O3S. The highest BCUT2D eigenvalue weighted by Gasteiger charge is 2.29. The number of thiazole rings is 1. The summed E-state index contributed by atoms with van der Waals surface area (Å²) in [5.74, 6) is 0.0229. The second kappa shape index (κ2) is 7.90. The number of hydrogen-bond acceptors (Lipinski definition) is 5. The van der Waals surface area contributed by atoms with E-state index < -0.39 is 12.1 Å². The van der Waals surface area contributed by atoms with Crippen molar-refractivity contribution in [3.05, 3.63) is 76.2 Å². The van der Waals surface area contributed by atoms with Crippen molar-refractivity contribution >= 4 is 17.4 Å². The Hall–Kier alpha value is -2.70. The largest absolute Gasteiger partial charge is 0.449 e. The Morgan fingerprint density at radius 3 is 2.41 bits per heavy atom. The van der Waals surface area contributed by atoms with E-state index in [0.717, 1.165) is 5.01 Å².